The Bertz CT molecular complexity index is 353. The number of allylic oxidation sites excluding steroid dienone is 1. The average Bonchev–Trinajstić information content (AvgIpc) is 2.35. The van der Waals surface area contributed by atoms with Crippen molar-refractivity contribution in [1.82, 2.24) is 9.97 Å². The highest BCUT2D eigenvalue weighted by Crippen LogP contribution is 2.15. The van der Waals surface area contributed by atoms with Crippen molar-refractivity contribution in [3.63, 3.8) is 0 Å². The van der Waals surface area contributed by atoms with Gasteiger partial charge in [0, 0.05) is 18.3 Å². The zero-order valence-corrected chi connectivity index (χ0v) is 10.7. The quantitative estimate of drug-likeness (QED) is 0.556. The van der Waals surface area contributed by atoms with E-state index in [0.29, 0.717) is 18.4 Å². The van der Waals surface area contributed by atoms with Gasteiger partial charge in [-0.15, -0.1) is 6.58 Å². The fraction of sp³-hybridized carbons (Fsp3) is 0.538. The van der Waals surface area contributed by atoms with E-state index in [9.17, 15) is 0 Å². The molecular weight excluding hydrogens is 214 g/mol. The van der Waals surface area contributed by atoms with Crippen LogP contribution >= 0.6 is 0 Å². The van der Waals surface area contributed by atoms with Gasteiger partial charge in [-0.25, -0.2) is 4.98 Å². The molecule has 1 N–H and O–H groups in total. The molecule has 0 radical (unpaired) electrons. The molecule has 1 heterocycles. The summed E-state index contributed by atoms with van der Waals surface area (Å²) in [4.78, 5) is 8.54. The summed E-state index contributed by atoms with van der Waals surface area (Å²) >= 11 is 0. The van der Waals surface area contributed by atoms with Crippen molar-refractivity contribution in [3.05, 3.63) is 24.4 Å². The smallest absolute Gasteiger partial charge is 0.225 e. The second-order valence-corrected chi connectivity index (χ2v) is 3.89. The first-order valence-corrected chi connectivity index (χ1v) is 6.09. The molecule has 17 heavy (non-hydrogen) atoms. The molecule has 0 saturated heterocycles. The Hall–Kier alpha value is -1.58. The van der Waals surface area contributed by atoms with Gasteiger partial charge >= 0.3 is 0 Å². The minimum absolute atomic E-state index is 0.635. The van der Waals surface area contributed by atoms with Gasteiger partial charge in [-0.3, -0.25) is 0 Å². The van der Waals surface area contributed by atoms with E-state index in [0.717, 1.165) is 31.4 Å². The minimum atomic E-state index is 0.635. The lowest BCUT2D eigenvalue weighted by Crippen LogP contribution is -2.07. The highest BCUT2D eigenvalue weighted by molar-refractivity contribution is 5.32. The molecule has 0 fully saturated rings. The number of unbranched alkanes of at least 4 members (excludes halogenated alkanes) is 1. The molecule has 1 aromatic rings. The van der Waals surface area contributed by atoms with Crippen LogP contribution in [0.2, 0.25) is 0 Å². The van der Waals surface area contributed by atoms with Gasteiger partial charge in [0.25, 0.3) is 0 Å². The van der Waals surface area contributed by atoms with Gasteiger partial charge in [0.2, 0.25) is 11.8 Å². The maximum atomic E-state index is 5.62. The first-order valence-electron chi connectivity index (χ1n) is 6.09. The summed E-state index contributed by atoms with van der Waals surface area (Å²) < 4.78 is 5.62. The Labute approximate surface area is 103 Å². The van der Waals surface area contributed by atoms with Crippen molar-refractivity contribution in [2.45, 2.75) is 33.1 Å². The van der Waals surface area contributed by atoms with E-state index in [-0.39, 0.29) is 0 Å². The van der Waals surface area contributed by atoms with Crippen LogP contribution < -0.4 is 10.1 Å². The van der Waals surface area contributed by atoms with Crippen molar-refractivity contribution in [1.29, 1.82) is 0 Å². The lowest BCUT2D eigenvalue weighted by atomic mass is 10.3. The fourth-order valence-electron chi connectivity index (χ4n) is 1.29. The Morgan fingerprint density at radius 2 is 2.35 bits per heavy atom. The molecule has 0 saturated carbocycles. The largest absolute Gasteiger partial charge is 0.477 e. The van der Waals surface area contributed by atoms with Crippen LogP contribution in [0.3, 0.4) is 0 Å². The van der Waals surface area contributed by atoms with Crippen LogP contribution in [-0.2, 0) is 0 Å². The van der Waals surface area contributed by atoms with Gasteiger partial charge in [-0.05, 0) is 26.2 Å². The molecule has 0 unspecified atom stereocenters. The van der Waals surface area contributed by atoms with Crippen molar-refractivity contribution < 1.29 is 4.74 Å². The van der Waals surface area contributed by atoms with Crippen LogP contribution in [0.4, 0.5) is 5.95 Å². The number of nitrogens with zero attached hydrogens (tertiary/aromatic N) is 2. The number of nitrogens with one attached hydrogen (secondary N) is 1. The number of rotatable bonds is 8. The second kappa shape index (κ2) is 7.65. The van der Waals surface area contributed by atoms with Crippen LogP contribution in [0.25, 0.3) is 0 Å². The Balaban J connectivity index is 2.53. The lowest BCUT2D eigenvalue weighted by Gasteiger charge is -2.09. The molecule has 4 heteroatoms. The SMILES string of the molecule is C=CCCCOc1nc(NCCC)ncc1C. The summed E-state index contributed by atoms with van der Waals surface area (Å²) in [6.07, 6.45) is 6.65. The maximum Gasteiger partial charge on any atom is 0.225 e. The molecule has 0 spiro atoms. The van der Waals surface area contributed by atoms with E-state index in [1.54, 1.807) is 6.20 Å². The first kappa shape index (κ1) is 13.5. The van der Waals surface area contributed by atoms with E-state index in [1.165, 1.54) is 0 Å². The summed E-state index contributed by atoms with van der Waals surface area (Å²) in [6.45, 7) is 9.27. The average molecular weight is 235 g/mol. The summed E-state index contributed by atoms with van der Waals surface area (Å²) in [7, 11) is 0. The molecule has 0 amide bonds. The molecule has 0 aliphatic heterocycles. The topological polar surface area (TPSA) is 47.0 Å². The number of aromatic nitrogens is 2. The van der Waals surface area contributed by atoms with E-state index >= 15 is 0 Å². The maximum absolute atomic E-state index is 5.62. The standard InChI is InChI=1S/C13H21N3O/c1-4-6-7-9-17-12-11(3)10-15-13(16-12)14-8-5-2/h4,10H,1,5-9H2,2-3H3,(H,14,15,16). The number of aryl methyl sites for hydroxylation is 1. The van der Waals surface area contributed by atoms with Gasteiger partial charge in [-0.2, -0.15) is 4.98 Å². The molecule has 0 aliphatic rings. The van der Waals surface area contributed by atoms with Gasteiger partial charge < -0.3 is 10.1 Å². The molecule has 1 rings (SSSR count). The monoisotopic (exact) mass is 235 g/mol. The van der Waals surface area contributed by atoms with Crippen LogP contribution in [0.15, 0.2) is 18.9 Å². The van der Waals surface area contributed by atoms with Crippen LogP contribution in [0.5, 0.6) is 5.88 Å². The third kappa shape index (κ3) is 4.85. The number of ether oxygens (including phenoxy) is 1. The summed E-state index contributed by atoms with van der Waals surface area (Å²) in [6, 6.07) is 0. The molecule has 1 aromatic heterocycles. The van der Waals surface area contributed by atoms with E-state index in [1.807, 2.05) is 13.0 Å². The molecule has 4 nitrogen and oxygen atoms in total. The molecule has 0 aliphatic carbocycles. The van der Waals surface area contributed by atoms with Gasteiger partial charge in [-0.1, -0.05) is 13.0 Å². The molecule has 94 valence electrons. The first-order chi connectivity index (χ1) is 8.27. The molecular formula is C13H21N3O. The fourth-order valence-corrected chi connectivity index (χ4v) is 1.29. The van der Waals surface area contributed by atoms with Gasteiger partial charge in [0.05, 0.1) is 6.61 Å². The lowest BCUT2D eigenvalue weighted by molar-refractivity contribution is 0.298. The predicted molar refractivity (Wildman–Crippen MR) is 70.5 cm³/mol. The van der Waals surface area contributed by atoms with Crippen molar-refractivity contribution in [3.8, 4) is 5.88 Å². The highest BCUT2D eigenvalue weighted by Gasteiger charge is 2.04. The predicted octanol–water partition coefficient (Wildman–Crippen LogP) is 2.95. The van der Waals surface area contributed by atoms with Crippen molar-refractivity contribution >= 4 is 5.95 Å². The normalized spacial score (nSPS) is 10.0. The zero-order valence-electron chi connectivity index (χ0n) is 10.7. The van der Waals surface area contributed by atoms with E-state index in [4.69, 9.17) is 4.74 Å². The molecule has 0 atom stereocenters. The Kier molecular flexibility index (Phi) is 6.07. The number of anilines is 1. The van der Waals surface area contributed by atoms with Crippen LogP contribution in [-0.4, -0.2) is 23.1 Å². The third-order valence-electron chi connectivity index (χ3n) is 2.25. The van der Waals surface area contributed by atoms with Crippen LogP contribution in [0.1, 0.15) is 31.7 Å². The summed E-state index contributed by atoms with van der Waals surface area (Å²) in [5.74, 6) is 1.30. The van der Waals surface area contributed by atoms with Gasteiger partial charge in [0.15, 0.2) is 0 Å². The van der Waals surface area contributed by atoms with Crippen molar-refractivity contribution in [2.75, 3.05) is 18.5 Å². The van der Waals surface area contributed by atoms with E-state index in [2.05, 4.69) is 28.8 Å². The second-order valence-electron chi connectivity index (χ2n) is 3.89. The third-order valence-corrected chi connectivity index (χ3v) is 2.25. The highest BCUT2D eigenvalue weighted by atomic mass is 16.5. The minimum Gasteiger partial charge on any atom is -0.477 e. The van der Waals surface area contributed by atoms with E-state index < -0.39 is 0 Å². The number of hydrogen-bond donors (Lipinski definition) is 1. The Morgan fingerprint density at radius 1 is 1.53 bits per heavy atom. The number of hydrogen-bond acceptors (Lipinski definition) is 4. The van der Waals surface area contributed by atoms with Crippen LogP contribution in [0, 0.1) is 6.92 Å². The van der Waals surface area contributed by atoms with Crippen molar-refractivity contribution in [2.24, 2.45) is 0 Å². The summed E-state index contributed by atoms with van der Waals surface area (Å²) in [5, 5.41) is 3.15. The molecule has 0 bridgehead atoms. The summed E-state index contributed by atoms with van der Waals surface area (Å²) in [5.41, 5.74) is 0.964. The molecule has 0 aromatic carbocycles. The Morgan fingerprint density at radius 3 is 3.06 bits per heavy atom. The van der Waals surface area contributed by atoms with Gasteiger partial charge in [0.1, 0.15) is 0 Å². The zero-order chi connectivity index (χ0) is 12.5.